The Balaban J connectivity index is 2.13. The molecule has 184 valence electrons. The molecule has 0 radical (unpaired) electrons. The number of esters is 1. The van der Waals surface area contributed by atoms with E-state index in [1.54, 1.807) is 12.1 Å². The Labute approximate surface area is 201 Å². The molecular formula is C22H16F3N7O4. The molecule has 0 bridgehead atoms. The zero-order chi connectivity index (χ0) is 26.6. The van der Waals surface area contributed by atoms with E-state index in [9.17, 15) is 33.3 Å². The number of nitrogens with two attached hydrogens (primary N) is 1. The second-order valence-electron chi connectivity index (χ2n) is 7.16. The predicted molar refractivity (Wildman–Crippen MR) is 121 cm³/mol. The van der Waals surface area contributed by atoms with Gasteiger partial charge in [0.1, 0.15) is 17.6 Å². The number of azo groups is 1. The van der Waals surface area contributed by atoms with Gasteiger partial charge in [-0.1, -0.05) is 6.07 Å². The number of nitrogen functional groups attached to an aromatic ring is 1. The Bertz CT molecular complexity index is 1430. The van der Waals surface area contributed by atoms with Crippen LogP contribution >= 0.6 is 0 Å². The number of nitro benzene ring substituents is 1. The van der Waals surface area contributed by atoms with Crippen molar-refractivity contribution in [2.75, 3.05) is 18.2 Å². The van der Waals surface area contributed by atoms with Crippen LogP contribution in [0, 0.1) is 28.4 Å². The fourth-order valence-electron chi connectivity index (χ4n) is 3.10. The SMILES string of the molecule is COC(=O)c1cccc(Nc2nc(N)c(C#N)c(C)c2/N=N/c2ccc([N+](=O)[O-])cc2C(F)(F)F)c1. The van der Waals surface area contributed by atoms with Crippen LogP contribution in [0.4, 0.5) is 47.6 Å². The number of carbonyl (C=O) groups is 1. The van der Waals surface area contributed by atoms with E-state index < -0.39 is 34.0 Å². The highest BCUT2D eigenvalue weighted by molar-refractivity contribution is 5.91. The van der Waals surface area contributed by atoms with Gasteiger partial charge in [0, 0.05) is 23.4 Å². The molecule has 3 aromatic rings. The summed E-state index contributed by atoms with van der Waals surface area (Å²) in [6.07, 6.45) is -4.96. The standard InChI is InChI=1S/C22H16F3N7O4/c1-11-15(10-26)19(27)29-20(28-13-5-3-4-12(8-13)21(33)36-2)18(11)31-30-17-7-6-14(32(34)35)9-16(17)22(23,24)25/h3-9H,1-2H3,(H3,27,28,29)/b31-30+. The maximum atomic E-state index is 13.5. The monoisotopic (exact) mass is 499 g/mol. The van der Waals surface area contributed by atoms with Gasteiger partial charge in [0.05, 0.1) is 34.4 Å². The van der Waals surface area contributed by atoms with E-state index in [4.69, 9.17) is 5.73 Å². The zero-order valence-corrected chi connectivity index (χ0v) is 18.6. The molecule has 0 unspecified atom stereocenters. The third-order valence-electron chi connectivity index (χ3n) is 4.86. The average Bonchev–Trinajstić information content (AvgIpc) is 2.83. The number of benzene rings is 2. The van der Waals surface area contributed by atoms with Crippen LogP contribution in [0.25, 0.3) is 0 Å². The molecule has 0 saturated carbocycles. The highest BCUT2D eigenvalue weighted by atomic mass is 19.4. The van der Waals surface area contributed by atoms with Crippen molar-refractivity contribution in [3.05, 3.63) is 74.8 Å². The Morgan fingerprint density at radius 1 is 1.25 bits per heavy atom. The summed E-state index contributed by atoms with van der Waals surface area (Å²) in [4.78, 5) is 25.9. The Kier molecular flexibility index (Phi) is 7.14. The molecule has 0 spiro atoms. The van der Waals surface area contributed by atoms with Gasteiger partial charge in [-0.3, -0.25) is 10.1 Å². The second kappa shape index (κ2) is 10.1. The van der Waals surface area contributed by atoms with Crippen LogP contribution < -0.4 is 11.1 Å². The van der Waals surface area contributed by atoms with Gasteiger partial charge in [-0.05, 0) is 31.2 Å². The molecule has 2 aromatic carbocycles. The number of nitriles is 1. The molecule has 3 N–H and O–H groups in total. The van der Waals surface area contributed by atoms with Crippen molar-refractivity contribution in [2.24, 2.45) is 10.2 Å². The first-order chi connectivity index (χ1) is 17.0. The quantitative estimate of drug-likeness (QED) is 0.188. The lowest BCUT2D eigenvalue weighted by Crippen LogP contribution is -2.06. The first-order valence-corrected chi connectivity index (χ1v) is 9.89. The van der Waals surface area contributed by atoms with Crippen LogP contribution in [0.2, 0.25) is 0 Å². The average molecular weight is 499 g/mol. The molecule has 0 amide bonds. The summed E-state index contributed by atoms with van der Waals surface area (Å²) in [6, 6.07) is 9.89. The molecule has 14 heteroatoms. The van der Waals surface area contributed by atoms with E-state index in [1.165, 1.54) is 26.2 Å². The third kappa shape index (κ3) is 5.36. The van der Waals surface area contributed by atoms with Crippen molar-refractivity contribution in [1.82, 2.24) is 4.98 Å². The highest BCUT2D eigenvalue weighted by Crippen LogP contribution is 2.40. The lowest BCUT2D eigenvalue weighted by Gasteiger charge is -2.13. The van der Waals surface area contributed by atoms with Gasteiger partial charge in [-0.25, -0.2) is 9.78 Å². The van der Waals surface area contributed by atoms with E-state index in [0.717, 1.165) is 12.1 Å². The fraction of sp³-hybridized carbons (Fsp3) is 0.136. The van der Waals surface area contributed by atoms with E-state index in [-0.39, 0.29) is 34.0 Å². The van der Waals surface area contributed by atoms with Crippen LogP contribution in [0.3, 0.4) is 0 Å². The number of ether oxygens (including phenoxy) is 1. The first-order valence-electron chi connectivity index (χ1n) is 9.89. The molecule has 0 fully saturated rings. The maximum Gasteiger partial charge on any atom is 0.418 e. The van der Waals surface area contributed by atoms with Crippen LogP contribution in [0.5, 0.6) is 0 Å². The molecule has 11 nitrogen and oxygen atoms in total. The molecule has 36 heavy (non-hydrogen) atoms. The molecule has 0 aliphatic heterocycles. The number of hydrogen-bond donors (Lipinski definition) is 2. The number of anilines is 3. The van der Waals surface area contributed by atoms with Crippen LogP contribution in [-0.4, -0.2) is 23.0 Å². The van der Waals surface area contributed by atoms with E-state index in [1.807, 2.05) is 6.07 Å². The van der Waals surface area contributed by atoms with Gasteiger partial charge in [0.15, 0.2) is 5.82 Å². The number of rotatable bonds is 6. The normalized spacial score (nSPS) is 11.2. The summed E-state index contributed by atoms with van der Waals surface area (Å²) < 4.78 is 45.2. The van der Waals surface area contributed by atoms with Crippen molar-refractivity contribution >= 4 is 40.4 Å². The van der Waals surface area contributed by atoms with Gasteiger partial charge in [0.25, 0.3) is 5.69 Å². The number of non-ortho nitro benzene ring substituents is 1. The number of nitrogens with zero attached hydrogens (tertiary/aromatic N) is 5. The number of pyridine rings is 1. The summed E-state index contributed by atoms with van der Waals surface area (Å²) in [5, 5.41) is 30.7. The highest BCUT2D eigenvalue weighted by Gasteiger charge is 2.35. The van der Waals surface area contributed by atoms with Gasteiger partial charge < -0.3 is 15.8 Å². The number of methoxy groups -OCH3 is 1. The van der Waals surface area contributed by atoms with Gasteiger partial charge in [0.2, 0.25) is 0 Å². The number of carbonyl (C=O) groups excluding carboxylic acids is 1. The summed E-state index contributed by atoms with van der Waals surface area (Å²) in [6.45, 7) is 1.45. The predicted octanol–water partition coefficient (Wildman–Crippen LogP) is 5.72. The smallest absolute Gasteiger partial charge is 0.418 e. The first kappa shape index (κ1) is 25.6. The van der Waals surface area contributed by atoms with Gasteiger partial charge in [-0.15, -0.1) is 10.2 Å². The van der Waals surface area contributed by atoms with E-state index >= 15 is 0 Å². The van der Waals surface area contributed by atoms with Gasteiger partial charge >= 0.3 is 12.1 Å². The number of nitro groups is 1. The fourth-order valence-corrected chi connectivity index (χ4v) is 3.10. The van der Waals surface area contributed by atoms with Crippen molar-refractivity contribution in [3.8, 4) is 6.07 Å². The van der Waals surface area contributed by atoms with E-state index in [2.05, 4.69) is 25.3 Å². The second-order valence-corrected chi connectivity index (χ2v) is 7.16. The van der Waals surface area contributed by atoms with Crippen LogP contribution in [-0.2, 0) is 10.9 Å². The number of aromatic nitrogens is 1. The molecular weight excluding hydrogens is 483 g/mol. The molecule has 3 rings (SSSR count). The molecule has 0 saturated heterocycles. The van der Waals surface area contributed by atoms with Crippen molar-refractivity contribution in [3.63, 3.8) is 0 Å². The van der Waals surface area contributed by atoms with Crippen molar-refractivity contribution in [2.45, 2.75) is 13.1 Å². The number of hydrogen-bond acceptors (Lipinski definition) is 10. The number of halogens is 3. The minimum atomic E-state index is -4.96. The van der Waals surface area contributed by atoms with Crippen molar-refractivity contribution < 1.29 is 27.6 Å². The lowest BCUT2D eigenvalue weighted by atomic mass is 10.1. The number of nitrogens with one attached hydrogen (secondary N) is 1. The maximum absolute atomic E-state index is 13.5. The van der Waals surface area contributed by atoms with E-state index in [0.29, 0.717) is 11.8 Å². The summed E-state index contributed by atoms with van der Waals surface area (Å²) in [7, 11) is 1.21. The van der Waals surface area contributed by atoms with Crippen LogP contribution in [0.1, 0.15) is 27.0 Å². The topological polar surface area (TPSA) is 169 Å². The molecule has 0 aliphatic rings. The summed E-state index contributed by atoms with van der Waals surface area (Å²) >= 11 is 0. The Morgan fingerprint density at radius 3 is 2.58 bits per heavy atom. The molecule has 0 aliphatic carbocycles. The summed E-state index contributed by atoms with van der Waals surface area (Å²) in [5.74, 6) is -0.850. The zero-order valence-electron chi connectivity index (χ0n) is 18.6. The lowest BCUT2D eigenvalue weighted by molar-refractivity contribution is -0.385. The number of alkyl halides is 3. The van der Waals surface area contributed by atoms with Crippen LogP contribution in [0.15, 0.2) is 52.7 Å². The van der Waals surface area contributed by atoms with Gasteiger partial charge in [-0.2, -0.15) is 18.4 Å². The molecule has 1 aromatic heterocycles. The largest absolute Gasteiger partial charge is 0.465 e. The molecule has 0 atom stereocenters. The summed E-state index contributed by atoms with van der Waals surface area (Å²) in [5.41, 5.74) is 3.52. The third-order valence-corrected chi connectivity index (χ3v) is 4.86. The Morgan fingerprint density at radius 2 is 1.97 bits per heavy atom. The molecule has 1 heterocycles. The Hall–Kier alpha value is -5.06. The minimum absolute atomic E-state index is 0.0646. The van der Waals surface area contributed by atoms with Crippen molar-refractivity contribution in [1.29, 1.82) is 5.26 Å². The minimum Gasteiger partial charge on any atom is -0.465 e.